The van der Waals surface area contributed by atoms with E-state index in [-0.39, 0.29) is 5.69 Å². The number of nitrogens with zero attached hydrogens (tertiary/aromatic N) is 1. The predicted octanol–water partition coefficient (Wildman–Crippen LogP) is 3.82. The number of aromatic nitrogens is 1. The van der Waals surface area contributed by atoms with Crippen molar-refractivity contribution in [2.24, 2.45) is 5.73 Å². The fraction of sp³-hybridized carbons (Fsp3) is 0.0526. The summed E-state index contributed by atoms with van der Waals surface area (Å²) in [5, 5.41) is 0. The van der Waals surface area contributed by atoms with Crippen molar-refractivity contribution in [1.82, 2.24) is 4.98 Å². The smallest absolute Gasteiger partial charge is 0.267 e. The van der Waals surface area contributed by atoms with Crippen LogP contribution in [0.2, 0.25) is 0 Å². The molecule has 108 valence electrons. The van der Waals surface area contributed by atoms with Gasteiger partial charge in [-0.25, -0.2) is 4.98 Å². The number of hydrogen-bond donors (Lipinski definition) is 1. The summed E-state index contributed by atoms with van der Waals surface area (Å²) in [7, 11) is 0. The van der Waals surface area contributed by atoms with Gasteiger partial charge in [0.1, 0.15) is 5.69 Å². The van der Waals surface area contributed by atoms with E-state index in [1.807, 2.05) is 67.6 Å². The summed E-state index contributed by atoms with van der Waals surface area (Å²) in [5.41, 5.74) is 10.6. The maximum Gasteiger partial charge on any atom is 0.267 e. The molecule has 0 radical (unpaired) electrons. The molecule has 0 unspecified atom stereocenters. The van der Waals surface area contributed by atoms with Gasteiger partial charge in [0.25, 0.3) is 5.91 Å². The Morgan fingerprint density at radius 1 is 0.864 bits per heavy atom. The van der Waals surface area contributed by atoms with E-state index in [4.69, 9.17) is 5.73 Å². The molecule has 2 N–H and O–H groups in total. The number of carbonyl (C=O) groups is 1. The van der Waals surface area contributed by atoms with Gasteiger partial charge in [0.05, 0.1) is 5.69 Å². The summed E-state index contributed by atoms with van der Waals surface area (Å²) in [6.07, 6.45) is 0. The number of pyridine rings is 1. The van der Waals surface area contributed by atoms with Gasteiger partial charge >= 0.3 is 0 Å². The minimum Gasteiger partial charge on any atom is -0.364 e. The maximum atomic E-state index is 11.6. The lowest BCUT2D eigenvalue weighted by Gasteiger charge is -2.08. The summed E-state index contributed by atoms with van der Waals surface area (Å²) in [6, 6.07) is 21.6. The average molecular weight is 288 g/mol. The Balaban J connectivity index is 2.16. The number of aryl methyl sites for hydroxylation is 1. The monoisotopic (exact) mass is 288 g/mol. The van der Waals surface area contributed by atoms with Crippen LogP contribution in [0.4, 0.5) is 0 Å². The van der Waals surface area contributed by atoms with Gasteiger partial charge in [0.15, 0.2) is 0 Å². The number of primary amides is 1. The van der Waals surface area contributed by atoms with Crippen molar-refractivity contribution in [2.75, 3.05) is 0 Å². The molecular weight excluding hydrogens is 272 g/mol. The molecule has 0 aliphatic heterocycles. The maximum absolute atomic E-state index is 11.6. The molecular formula is C19H16N2O. The Bertz CT molecular complexity index is 809. The zero-order chi connectivity index (χ0) is 15.5. The lowest BCUT2D eigenvalue weighted by atomic mass is 10.0. The predicted molar refractivity (Wildman–Crippen MR) is 88.4 cm³/mol. The van der Waals surface area contributed by atoms with Crippen molar-refractivity contribution >= 4 is 5.91 Å². The Morgan fingerprint density at radius 3 is 2.18 bits per heavy atom. The van der Waals surface area contributed by atoms with Crippen molar-refractivity contribution in [3.05, 3.63) is 78.0 Å². The molecule has 3 nitrogen and oxygen atoms in total. The number of nitrogens with two attached hydrogens (primary N) is 1. The zero-order valence-corrected chi connectivity index (χ0v) is 12.3. The van der Waals surface area contributed by atoms with Crippen LogP contribution in [-0.2, 0) is 0 Å². The molecule has 1 aromatic heterocycles. The van der Waals surface area contributed by atoms with Gasteiger partial charge in [-0.1, -0.05) is 60.2 Å². The highest BCUT2D eigenvalue weighted by atomic mass is 16.1. The standard InChI is InChI=1S/C19H16N2O/c1-13-7-9-14(10-8-13)16-11-17(15-5-3-2-4-6-15)21-18(12-16)19(20)22/h2-12H,1H3,(H2,20,22). The summed E-state index contributed by atoms with van der Waals surface area (Å²) in [6.45, 7) is 2.04. The largest absolute Gasteiger partial charge is 0.364 e. The Labute approximate surface area is 129 Å². The van der Waals surface area contributed by atoms with Crippen LogP contribution in [0, 0.1) is 6.92 Å². The molecule has 0 aliphatic rings. The summed E-state index contributed by atoms with van der Waals surface area (Å²) >= 11 is 0. The topological polar surface area (TPSA) is 56.0 Å². The third-order valence-corrected chi connectivity index (χ3v) is 3.53. The first-order valence-corrected chi connectivity index (χ1v) is 7.08. The summed E-state index contributed by atoms with van der Waals surface area (Å²) in [4.78, 5) is 16.0. The molecule has 0 fully saturated rings. The third-order valence-electron chi connectivity index (χ3n) is 3.53. The van der Waals surface area contributed by atoms with Crippen molar-refractivity contribution in [2.45, 2.75) is 6.92 Å². The van der Waals surface area contributed by atoms with E-state index < -0.39 is 5.91 Å². The van der Waals surface area contributed by atoms with E-state index in [0.717, 1.165) is 22.4 Å². The first kappa shape index (κ1) is 14.0. The van der Waals surface area contributed by atoms with Crippen LogP contribution in [-0.4, -0.2) is 10.9 Å². The molecule has 1 heterocycles. The fourth-order valence-electron chi connectivity index (χ4n) is 2.33. The molecule has 22 heavy (non-hydrogen) atoms. The van der Waals surface area contributed by atoms with E-state index in [0.29, 0.717) is 0 Å². The van der Waals surface area contributed by atoms with E-state index in [1.54, 1.807) is 6.07 Å². The Hall–Kier alpha value is -2.94. The second-order valence-electron chi connectivity index (χ2n) is 5.22. The second-order valence-corrected chi connectivity index (χ2v) is 5.22. The number of benzene rings is 2. The van der Waals surface area contributed by atoms with Crippen molar-refractivity contribution in [3.63, 3.8) is 0 Å². The third kappa shape index (κ3) is 2.88. The molecule has 0 atom stereocenters. The molecule has 0 bridgehead atoms. The zero-order valence-electron chi connectivity index (χ0n) is 12.3. The summed E-state index contributed by atoms with van der Waals surface area (Å²) in [5.74, 6) is -0.522. The van der Waals surface area contributed by atoms with Gasteiger partial charge in [-0.05, 0) is 30.2 Å². The van der Waals surface area contributed by atoms with Gasteiger partial charge in [0.2, 0.25) is 0 Å². The molecule has 0 saturated carbocycles. The highest BCUT2D eigenvalue weighted by Gasteiger charge is 2.10. The fourth-order valence-corrected chi connectivity index (χ4v) is 2.33. The Kier molecular flexibility index (Phi) is 3.71. The van der Waals surface area contributed by atoms with Crippen LogP contribution in [0.3, 0.4) is 0 Å². The number of amides is 1. The Morgan fingerprint density at radius 2 is 1.55 bits per heavy atom. The SMILES string of the molecule is Cc1ccc(-c2cc(C(N)=O)nc(-c3ccccc3)c2)cc1. The lowest BCUT2D eigenvalue weighted by Crippen LogP contribution is -2.13. The van der Waals surface area contributed by atoms with E-state index in [9.17, 15) is 4.79 Å². The number of rotatable bonds is 3. The molecule has 3 aromatic rings. The van der Waals surface area contributed by atoms with Crippen LogP contribution in [0.25, 0.3) is 22.4 Å². The molecule has 2 aromatic carbocycles. The lowest BCUT2D eigenvalue weighted by molar-refractivity contribution is 0.0995. The molecule has 0 saturated heterocycles. The van der Waals surface area contributed by atoms with Crippen LogP contribution in [0.5, 0.6) is 0 Å². The average Bonchev–Trinajstić information content (AvgIpc) is 2.56. The molecule has 3 rings (SSSR count). The quantitative estimate of drug-likeness (QED) is 0.796. The molecule has 1 amide bonds. The molecule has 0 aliphatic carbocycles. The first-order valence-electron chi connectivity index (χ1n) is 7.08. The van der Waals surface area contributed by atoms with Gasteiger partial charge in [0, 0.05) is 5.56 Å². The van der Waals surface area contributed by atoms with E-state index in [2.05, 4.69) is 4.98 Å². The molecule has 3 heteroatoms. The van der Waals surface area contributed by atoms with Crippen molar-refractivity contribution in [1.29, 1.82) is 0 Å². The van der Waals surface area contributed by atoms with Gasteiger partial charge in [-0.2, -0.15) is 0 Å². The molecule has 0 spiro atoms. The number of hydrogen-bond acceptors (Lipinski definition) is 2. The highest BCUT2D eigenvalue weighted by molar-refractivity contribution is 5.93. The number of carbonyl (C=O) groups excluding carboxylic acids is 1. The van der Waals surface area contributed by atoms with Gasteiger partial charge in [-0.15, -0.1) is 0 Å². The minimum atomic E-state index is -0.522. The minimum absolute atomic E-state index is 0.275. The normalized spacial score (nSPS) is 10.4. The van der Waals surface area contributed by atoms with Crippen molar-refractivity contribution in [3.8, 4) is 22.4 Å². The first-order chi connectivity index (χ1) is 10.6. The summed E-state index contributed by atoms with van der Waals surface area (Å²) < 4.78 is 0. The van der Waals surface area contributed by atoms with Crippen molar-refractivity contribution < 1.29 is 4.79 Å². The second kappa shape index (κ2) is 5.82. The highest BCUT2D eigenvalue weighted by Crippen LogP contribution is 2.26. The van der Waals surface area contributed by atoms with Crippen LogP contribution in [0.1, 0.15) is 16.1 Å². The van der Waals surface area contributed by atoms with Crippen LogP contribution >= 0.6 is 0 Å². The van der Waals surface area contributed by atoms with Gasteiger partial charge < -0.3 is 5.73 Å². The van der Waals surface area contributed by atoms with Gasteiger partial charge in [-0.3, -0.25) is 4.79 Å². The van der Waals surface area contributed by atoms with Crippen LogP contribution < -0.4 is 5.73 Å². The van der Waals surface area contributed by atoms with E-state index in [1.165, 1.54) is 5.56 Å². The van der Waals surface area contributed by atoms with Crippen LogP contribution in [0.15, 0.2) is 66.7 Å². The van der Waals surface area contributed by atoms with E-state index >= 15 is 0 Å².